The van der Waals surface area contributed by atoms with Crippen molar-refractivity contribution in [3.8, 4) is 21.7 Å². The molecule has 3 nitrogen and oxygen atoms in total. The molecule has 0 spiro atoms. The van der Waals surface area contributed by atoms with Crippen LogP contribution in [0.4, 0.5) is 5.69 Å². The van der Waals surface area contributed by atoms with E-state index in [1.807, 2.05) is 24.3 Å². The lowest BCUT2D eigenvalue weighted by molar-refractivity contribution is -0.105. The van der Waals surface area contributed by atoms with Crippen molar-refractivity contribution in [2.24, 2.45) is 0 Å². The summed E-state index contributed by atoms with van der Waals surface area (Å²) < 4.78 is 1.13. The normalized spacial score (nSPS) is 11.0. The molecule has 0 radical (unpaired) electrons. The first kappa shape index (κ1) is 19.2. The minimum atomic E-state index is 0.771. The largest absolute Gasteiger partial charge is 0.326 e. The molecule has 3 heterocycles. The number of benzene rings is 1. The SMILES string of the molecule is CCCCSc1sc2nc(-c3cccs3)cc(-c3ccccc3)c2c1NC=O. The van der Waals surface area contributed by atoms with Gasteiger partial charge < -0.3 is 5.32 Å². The average Bonchev–Trinajstić information content (AvgIpc) is 3.37. The van der Waals surface area contributed by atoms with Gasteiger partial charge in [0.25, 0.3) is 0 Å². The fourth-order valence-corrected chi connectivity index (χ4v) is 6.30. The molecule has 142 valence electrons. The van der Waals surface area contributed by atoms with Gasteiger partial charge in [-0.15, -0.1) is 34.4 Å². The maximum Gasteiger partial charge on any atom is 0.211 e. The van der Waals surface area contributed by atoms with Crippen molar-refractivity contribution in [3.05, 3.63) is 53.9 Å². The lowest BCUT2D eigenvalue weighted by Gasteiger charge is -2.09. The minimum absolute atomic E-state index is 0.771. The molecule has 4 aromatic rings. The molecular weight excluding hydrogens is 404 g/mol. The fourth-order valence-electron chi connectivity index (χ4n) is 3.07. The van der Waals surface area contributed by atoms with E-state index in [0.717, 1.165) is 66.8 Å². The number of amides is 1. The van der Waals surface area contributed by atoms with E-state index in [4.69, 9.17) is 4.98 Å². The quantitative estimate of drug-likeness (QED) is 0.185. The maximum absolute atomic E-state index is 11.4. The molecule has 0 bridgehead atoms. The Balaban J connectivity index is 1.95. The molecule has 0 atom stereocenters. The number of anilines is 1. The Morgan fingerprint density at radius 3 is 2.75 bits per heavy atom. The Morgan fingerprint density at radius 1 is 1.18 bits per heavy atom. The topological polar surface area (TPSA) is 42.0 Å². The predicted molar refractivity (Wildman–Crippen MR) is 124 cm³/mol. The Labute approximate surface area is 176 Å². The van der Waals surface area contributed by atoms with Crippen LogP contribution < -0.4 is 5.32 Å². The number of unbranched alkanes of at least 4 members (excludes halogenated alkanes) is 1. The zero-order chi connectivity index (χ0) is 19.3. The number of hydrogen-bond donors (Lipinski definition) is 1. The van der Waals surface area contributed by atoms with E-state index in [2.05, 4.69) is 41.9 Å². The lowest BCUT2D eigenvalue weighted by atomic mass is 10.0. The molecule has 28 heavy (non-hydrogen) atoms. The summed E-state index contributed by atoms with van der Waals surface area (Å²) in [5.74, 6) is 1.04. The van der Waals surface area contributed by atoms with Gasteiger partial charge in [0.2, 0.25) is 6.41 Å². The number of carbonyl (C=O) groups is 1. The van der Waals surface area contributed by atoms with Crippen LogP contribution in [0.5, 0.6) is 0 Å². The Hall–Kier alpha value is -2.15. The van der Waals surface area contributed by atoms with E-state index in [1.54, 1.807) is 34.4 Å². The molecule has 3 aromatic heterocycles. The summed E-state index contributed by atoms with van der Waals surface area (Å²) in [4.78, 5) is 18.4. The molecule has 4 rings (SSSR count). The number of pyridine rings is 1. The second-order valence-electron chi connectivity index (χ2n) is 6.31. The number of rotatable bonds is 8. The third-order valence-corrected chi connectivity index (χ3v) is 7.76. The number of aromatic nitrogens is 1. The standard InChI is InChI=1S/C22H20N2OS3/c1-2-3-11-27-22-20(23-14-25)19-16(15-8-5-4-6-9-15)13-17(24-21(19)28-22)18-10-7-12-26-18/h4-10,12-14H,2-3,11H2,1H3,(H,23,25). The summed E-state index contributed by atoms with van der Waals surface area (Å²) in [6.45, 7) is 2.19. The average molecular weight is 425 g/mol. The number of hydrogen-bond acceptors (Lipinski definition) is 5. The van der Waals surface area contributed by atoms with Gasteiger partial charge in [0.15, 0.2) is 0 Å². The van der Waals surface area contributed by atoms with Crippen LogP contribution in [-0.4, -0.2) is 17.1 Å². The molecule has 0 aliphatic carbocycles. The lowest BCUT2D eigenvalue weighted by Crippen LogP contribution is -1.95. The highest BCUT2D eigenvalue weighted by atomic mass is 32.2. The van der Waals surface area contributed by atoms with Crippen molar-refractivity contribution in [1.29, 1.82) is 0 Å². The van der Waals surface area contributed by atoms with Crippen molar-refractivity contribution < 1.29 is 4.79 Å². The summed E-state index contributed by atoms with van der Waals surface area (Å²) in [6.07, 6.45) is 3.08. The first-order valence-corrected chi connectivity index (χ1v) is 11.9. The molecule has 0 saturated carbocycles. The van der Waals surface area contributed by atoms with Gasteiger partial charge in [0.1, 0.15) is 4.83 Å². The van der Waals surface area contributed by atoms with Crippen LogP contribution in [-0.2, 0) is 4.79 Å². The van der Waals surface area contributed by atoms with Crippen LogP contribution in [0.2, 0.25) is 0 Å². The smallest absolute Gasteiger partial charge is 0.211 e. The van der Waals surface area contributed by atoms with E-state index < -0.39 is 0 Å². The summed E-state index contributed by atoms with van der Waals surface area (Å²) in [7, 11) is 0. The van der Waals surface area contributed by atoms with Crippen LogP contribution >= 0.6 is 34.4 Å². The van der Waals surface area contributed by atoms with E-state index in [-0.39, 0.29) is 0 Å². The van der Waals surface area contributed by atoms with Crippen LogP contribution in [0.3, 0.4) is 0 Å². The van der Waals surface area contributed by atoms with Gasteiger partial charge in [-0.25, -0.2) is 4.98 Å². The Kier molecular flexibility index (Phi) is 6.10. The predicted octanol–water partition coefficient (Wildman–Crippen LogP) is 7.15. The number of nitrogens with one attached hydrogen (secondary N) is 1. The molecule has 0 aliphatic heterocycles. The minimum Gasteiger partial charge on any atom is -0.326 e. The molecular formula is C22H20N2OS3. The third kappa shape index (κ3) is 3.85. The number of nitrogens with zero attached hydrogens (tertiary/aromatic N) is 1. The van der Waals surface area contributed by atoms with Crippen molar-refractivity contribution in [2.75, 3.05) is 11.1 Å². The Bertz CT molecular complexity index is 1070. The zero-order valence-corrected chi connectivity index (χ0v) is 17.9. The molecule has 1 N–H and O–H groups in total. The molecule has 0 unspecified atom stereocenters. The molecule has 1 amide bonds. The van der Waals surface area contributed by atoms with E-state index in [1.165, 1.54) is 0 Å². The van der Waals surface area contributed by atoms with Crippen molar-refractivity contribution in [2.45, 2.75) is 24.0 Å². The highest BCUT2D eigenvalue weighted by molar-refractivity contribution is 8.01. The van der Waals surface area contributed by atoms with Gasteiger partial charge in [-0.1, -0.05) is 49.7 Å². The second-order valence-corrected chi connectivity index (χ2v) is 9.62. The van der Waals surface area contributed by atoms with Crippen LogP contribution in [0.25, 0.3) is 31.9 Å². The highest BCUT2D eigenvalue weighted by Gasteiger charge is 2.19. The van der Waals surface area contributed by atoms with Gasteiger partial charge >= 0.3 is 0 Å². The van der Waals surface area contributed by atoms with E-state index in [9.17, 15) is 4.79 Å². The number of thiophene rings is 2. The second kappa shape index (κ2) is 8.90. The van der Waals surface area contributed by atoms with Crippen LogP contribution in [0.1, 0.15) is 19.8 Å². The van der Waals surface area contributed by atoms with E-state index in [0.29, 0.717) is 0 Å². The van der Waals surface area contributed by atoms with Crippen LogP contribution in [0.15, 0.2) is 58.1 Å². The molecule has 0 aliphatic rings. The van der Waals surface area contributed by atoms with Crippen LogP contribution in [0, 0.1) is 0 Å². The van der Waals surface area contributed by atoms with Gasteiger partial charge in [0, 0.05) is 5.39 Å². The molecule has 6 heteroatoms. The van der Waals surface area contributed by atoms with Gasteiger partial charge in [-0.2, -0.15) is 0 Å². The first-order valence-electron chi connectivity index (χ1n) is 9.21. The maximum atomic E-state index is 11.4. The van der Waals surface area contributed by atoms with Crippen molar-refractivity contribution in [3.63, 3.8) is 0 Å². The number of thioether (sulfide) groups is 1. The monoisotopic (exact) mass is 424 g/mol. The zero-order valence-electron chi connectivity index (χ0n) is 15.5. The van der Waals surface area contributed by atoms with E-state index >= 15 is 0 Å². The molecule has 0 fully saturated rings. The van der Waals surface area contributed by atoms with Gasteiger partial charge in [0.05, 0.1) is 20.5 Å². The summed E-state index contributed by atoms with van der Waals surface area (Å²) in [5, 5.41) is 6.06. The number of fused-ring (bicyclic) bond motifs is 1. The summed E-state index contributed by atoms with van der Waals surface area (Å²) in [6, 6.07) is 16.6. The van der Waals surface area contributed by atoms with Crippen molar-refractivity contribution in [1.82, 2.24) is 4.98 Å². The summed E-state index contributed by atoms with van der Waals surface area (Å²) >= 11 is 5.17. The fraction of sp³-hybridized carbons (Fsp3) is 0.182. The summed E-state index contributed by atoms with van der Waals surface area (Å²) in [5.41, 5.74) is 4.10. The number of carbonyl (C=O) groups excluding carboxylic acids is 1. The van der Waals surface area contributed by atoms with Gasteiger partial charge in [-0.3, -0.25) is 4.79 Å². The first-order chi connectivity index (χ1) is 13.8. The van der Waals surface area contributed by atoms with Crippen molar-refractivity contribution >= 4 is 56.7 Å². The highest BCUT2D eigenvalue weighted by Crippen LogP contribution is 2.46. The van der Waals surface area contributed by atoms with Gasteiger partial charge in [-0.05, 0) is 40.8 Å². The molecule has 0 saturated heterocycles. The Morgan fingerprint density at radius 2 is 2.04 bits per heavy atom. The molecule has 1 aromatic carbocycles. The third-order valence-electron chi connectivity index (χ3n) is 4.42.